The Morgan fingerprint density at radius 1 is 1.16 bits per heavy atom. The number of ether oxygens (including phenoxy) is 2. The summed E-state index contributed by atoms with van der Waals surface area (Å²) in [6, 6.07) is 13.1. The first-order valence-electron chi connectivity index (χ1n) is 7.76. The van der Waals surface area contributed by atoms with Crippen LogP contribution in [-0.2, 0) is 16.0 Å². The molecule has 2 rings (SSSR count). The zero-order valence-electron chi connectivity index (χ0n) is 14.3. The van der Waals surface area contributed by atoms with Crippen molar-refractivity contribution in [3.8, 4) is 5.75 Å². The molecule has 0 bridgehead atoms. The smallest absolute Gasteiger partial charge is 0.321 e. The summed E-state index contributed by atoms with van der Waals surface area (Å²) in [6.45, 7) is 4.16. The van der Waals surface area contributed by atoms with Crippen LogP contribution in [0, 0.1) is 0 Å². The topological polar surface area (TPSA) is 35.5 Å². The van der Waals surface area contributed by atoms with E-state index in [1.807, 2.05) is 50.2 Å². The van der Waals surface area contributed by atoms with Crippen LogP contribution in [0.25, 0.3) is 0 Å². The summed E-state index contributed by atoms with van der Waals surface area (Å²) in [7, 11) is 1.39. The highest BCUT2D eigenvalue weighted by Gasteiger charge is 2.30. The molecule has 0 spiro atoms. The highest BCUT2D eigenvalue weighted by Crippen LogP contribution is 2.35. The molecule has 0 aliphatic rings. The molecule has 0 radical (unpaired) electrons. The Kier molecular flexibility index (Phi) is 7.05. The van der Waals surface area contributed by atoms with E-state index in [0.717, 1.165) is 16.2 Å². The van der Waals surface area contributed by atoms with Gasteiger partial charge in [-0.1, -0.05) is 35.3 Å². The highest BCUT2D eigenvalue weighted by atomic mass is 35.5. The van der Waals surface area contributed by atoms with E-state index in [1.165, 1.54) is 18.9 Å². The van der Waals surface area contributed by atoms with Crippen LogP contribution in [-0.4, -0.2) is 24.4 Å². The lowest BCUT2D eigenvalue weighted by Gasteiger charge is -2.21. The number of benzene rings is 2. The summed E-state index contributed by atoms with van der Waals surface area (Å²) in [5.41, 5.74) is 0.989. The van der Waals surface area contributed by atoms with E-state index in [2.05, 4.69) is 0 Å². The zero-order chi connectivity index (χ0) is 18.4. The summed E-state index contributed by atoms with van der Waals surface area (Å²) in [6.07, 6.45) is 0.682. The van der Waals surface area contributed by atoms with Crippen molar-refractivity contribution in [1.29, 1.82) is 0 Å². The second-order valence-corrected chi connectivity index (χ2v) is 8.45. The van der Waals surface area contributed by atoms with Crippen molar-refractivity contribution < 1.29 is 14.3 Å². The quantitative estimate of drug-likeness (QED) is 0.445. The van der Waals surface area contributed by atoms with E-state index in [1.54, 1.807) is 6.07 Å². The van der Waals surface area contributed by atoms with Crippen LogP contribution in [0.4, 0.5) is 0 Å². The lowest BCUT2D eigenvalue weighted by molar-refractivity contribution is -0.142. The van der Waals surface area contributed by atoms with Gasteiger partial charge < -0.3 is 9.47 Å². The predicted octanol–water partition coefficient (Wildman–Crippen LogP) is 5.66. The van der Waals surface area contributed by atoms with Crippen LogP contribution < -0.4 is 4.74 Å². The van der Waals surface area contributed by atoms with Gasteiger partial charge >= 0.3 is 5.97 Å². The second kappa shape index (κ2) is 8.84. The van der Waals surface area contributed by atoms with Crippen LogP contribution in [0.5, 0.6) is 5.75 Å². The van der Waals surface area contributed by atoms with Crippen LogP contribution in [0.1, 0.15) is 19.4 Å². The van der Waals surface area contributed by atoms with Gasteiger partial charge in [0.2, 0.25) is 0 Å². The van der Waals surface area contributed by atoms with Gasteiger partial charge in [-0.2, -0.15) is 0 Å². The third-order valence-corrected chi connectivity index (χ3v) is 5.26. The molecule has 0 aliphatic carbocycles. The minimum atomic E-state index is -0.662. The van der Waals surface area contributed by atoms with E-state index in [9.17, 15) is 4.79 Å². The van der Waals surface area contributed by atoms with E-state index < -0.39 is 4.75 Å². The lowest BCUT2D eigenvalue weighted by Crippen LogP contribution is -2.28. The fourth-order valence-electron chi connectivity index (χ4n) is 2.21. The Hall–Kier alpha value is -1.36. The number of esters is 1. The second-order valence-electron chi connectivity index (χ2n) is 5.91. The zero-order valence-corrected chi connectivity index (χ0v) is 16.7. The van der Waals surface area contributed by atoms with Crippen molar-refractivity contribution in [2.45, 2.75) is 29.9 Å². The fourth-order valence-corrected chi connectivity index (χ4v) is 3.79. The maximum Gasteiger partial charge on any atom is 0.321 e. The number of hydrogen-bond donors (Lipinski definition) is 0. The molecule has 0 fully saturated rings. The highest BCUT2D eigenvalue weighted by molar-refractivity contribution is 8.01. The SMILES string of the molecule is COC(=O)C(C)(C)Sc1cccc(OCCc2ccc(Cl)cc2Cl)c1. The largest absolute Gasteiger partial charge is 0.493 e. The molecule has 134 valence electrons. The number of rotatable bonds is 7. The van der Waals surface area contributed by atoms with Crippen molar-refractivity contribution in [2.24, 2.45) is 0 Å². The third-order valence-electron chi connectivity index (χ3n) is 3.51. The molecule has 0 aliphatic heterocycles. The summed E-state index contributed by atoms with van der Waals surface area (Å²) in [5.74, 6) is 0.483. The molecule has 0 saturated heterocycles. The van der Waals surface area contributed by atoms with Gasteiger partial charge in [0.1, 0.15) is 10.5 Å². The van der Waals surface area contributed by atoms with E-state index in [-0.39, 0.29) is 5.97 Å². The van der Waals surface area contributed by atoms with Gasteiger partial charge in [0.15, 0.2) is 0 Å². The molecular formula is C19H20Cl2O3S. The summed E-state index contributed by atoms with van der Waals surface area (Å²) in [5, 5.41) is 1.26. The maximum absolute atomic E-state index is 11.8. The molecule has 3 nitrogen and oxygen atoms in total. The van der Waals surface area contributed by atoms with E-state index in [0.29, 0.717) is 23.1 Å². The first-order valence-corrected chi connectivity index (χ1v) is 9.33. The van der Waals surface area contributed by atoms with E-state index >= 15 is 0 Å². The van der Waals surface area contributed by atoms with E-state index in [4.69, 9.17) is 32.7 Å². The number of thioether (sulfide) groups is 1. The number of hydrogen-bond acceptors (Lipinski definition) is 4. The molecule has 0 aromatic heterocycles. The van der Waals surface area contributed by atoms with Crippen LogP contribution in [0.2, 0.25) is 10.0 Å². The monoisotopic (exact) mass is 398 g/mol. The van der Waals surface area contributed by atoms with Crippen molar-refractivity contribution in [1.82, 2.24) is 0 Å². The van der Waals surface area contributed by atoms with Gasteiger partial charge in [-0.25, -0.2) is 0 Å². The van der Waals surface area contributed by atoms with Gasteiger partial charge in [0.05, 0.1) is 13.7 Å². The third kappa shape index (κ3) is 5.84. The molecular weight excluding hydrogens is 379 g/mol. The molecule has 0 heterocycles. The van der Waals surface area contributed by atoms with Gasteiger partial charge in [-0.05, 0) is 49.7 Å². The number of halogens is 2. The Balaban J connectivity index is 1.96. The van der Waals surface area contributed by atoms with Gasteiger partial charge in [-0.15, -0.1) is 11.8 Å². The van der Waals surface area contributed by atoms with Crippen LogP contribution in [0.15, 0.2) is 47.4 Å². The van der Waals surface area contributed by atoms with Gasteiger partial charge in [0, 0.05) is 21.4 Å². The summed E-state index contributed by atoms with van der Waals surface area (Å²) in [4.78, 5) is 12.8. The fraction of sp³-hybridized carbons (Fsp3) is 0.316. The Labute approximate surface area is 162 Å². The van der Waals surface area contributed by atoms with Gasteiger partial charge in [0.25, 0.3) is 0 Å². The number of methoxy groups -OCH3 is 1. The van der Waals surface area contributed by atoms with Crippen molar-refractivity contribution in [3.05, 3.63) is 58.1 Å². The molecule has 0 unspecified atom stereocenters. The van der Waals surface area contributed by atoms with Gasteiger partial charge in [-0.3, -0.25) is 4.79 Å². The van der Waals surface area contributed by atoms with Crippen molar-refractivity contribution in [3.63, 3.8) is 0 Å². The normalized spacial score (nSPS) is 11.2. The minimum Gasteiger partial charge on any atom is -0.493 e. The van der Waals surface area contributed by atoms with Crippen LogP contribution >= 0.6 is 35.0 Å². The number of carbonyl (C=O) groups excluding carboxylic acids is 1. The van der Waals surface area contributed by atoms with Crippen LogP contribution in [0.3, 0.4) is 0 Å². The molecule has 2 aromatic rings. The molecule has 0 amide bonds. The first kappa shape index (κ1) is 20.0. The Bertz CT molecular complexity index is 747. The average molecular weight is 399 g/mol. The Morgan fingerprint density at radius 3 is 2.60 bits per heavy atom. The lowest BCUT2D eigenvalue weighted by atomic mass is 10.2. The molecule has 0 saturated carbocycles. The summed E-state index contributed by atoms with van der Waals surface area (Å²) < 4.78 is 9.99. The molecule has 0 atom stereocenters. The minimum absolute atomic E-state index is 0.263. The average Bonchev–Trinajstić information content (AvgIpc) is 2.56. The number of carbonyl (C=O) groups is 1. The van der Waals surface area contributed by atoms with Crippen molar-refractivity contribution in [2.75, 3.05) is 13.7 Å². The maximum atomic E-state index is 11.8. The first-order chi connectivity index (χ1) is 11.8. The summed E-state index contributed by atoms with van der Waals surface area (Å²) >= 11 is 13.5. The molecule has 6 heteroatoms. The standard InChI is InChI=1S/C19H20Cl2O3S/c1-19(2,18(22)23-3)25-16-6-4-5-15(12-16)24-10-9-13-7-8-14(20)11-17(13)21/h4-8,11-12H,9-10H2,1-3H3. The Morgan fingerprint density at radius 2 is 1.92 bits per heavy atom. The predicted molar refractivity (Wildman–Crippen MR) is 104 cm³/mol. The molecule has 25 heavy (non-hydrogen) atoms. The van der Waals surface area contributed by atoms with Crippen molar-refractivity contribution >= 4 is 40.9 Å². The molecule has 0 N–H and O–H groups in total. The molecule has 2 aromatic carbocycles.